The minimum absolute atomic E-state index is 0.136. The van der Waals surface area contributed by atoms with Gasteiger partial charge in [-0.25, -0.2) is 4.98 Å². The fraction of sp³-hybridized carbons (Fsp3) is 0.538. The maximum Gasteiger partial charge on any atom is 0.225 e. The quantitative estimate of drug-likeness (QED) is 0.826. The highest BCUT2D eigenvalue weighted by Gasteiger charge is 2.27. The van der Waals surface area contributed by atoms with Gasteiger partial charge in [-0.3, -0.25) is 4.79 Å². The highest BCUT2D eigenvalue weighted by molar-refractivity contribution is 9.10. The van der Waals surface area contributed by atoms with E-state index in [1.165, 1.54) is 0 Å². The summed E-state index contributed by atoms with van der Waals surface area (Å²) < 4.78 is 0.900. The summed E-state index contributed by atoms with van der Waals surface area (Å²) in [5.74, 6) is 1.26. The molecule has 1 amide bonds. The fourth-order valence-electron chi connectivity index (χ4n) is 2.34. The number of nitrogens with zero attached hydrogens (tertiary/aromatic N) is 3. The highest BCUT2D eigenvalue weighted by atomic mass is 79.9. The first kappa shape index (κ1) is 14.6. The Balaban J connectivity index is 2.02. The monoisotopic (exact) mass is 345 g/mol. The number of pyridine rings is 1. The molecule has 2 heterocycles. The second kappa shape index (κ2) is 6.09. The summed E-state index contributed by atoms with van der Waals surface area (Å²) in [5, 5.41) is 0.619. The van der Waals surface area contributed by atoms with Gasteiger partial charge in [-0.15, -0.1) is 0 Å². The van der Waals surface area contributed by atoms with Crippen LogP contribution in [0.1, 0.15) is 12.8 Å². The Morgan fingerprint density at radius 1 is 1.47 bits per heavy atom. The lowest BCUT2D eigenvalue weighted by Crippen LogP contribution is -2.40. The first-order valence-corrected chi connectivity index (χ1v) is 7.43. The summed E-state index contributed by atoms with van der Waals surface area (Å²) in [5.41, 5.74) is 0. The number of hydrogen-bond donors (Lipinski definition) is 0. The van der Waals surface area contributed by atoms with Gasteiger partial charge in [0.1, 0.15) is 5.82 Å². The Morgan fingerprint density at radius 2 is 2.11 bits per heavy atom. The number of carbonyl (C=O) groups excluding carboxylic acids is 1. The number of aromatic nitrogens is 1. The van der Waals surface area contributed by atoms with Crippen molar-refractivity contribution in [2.24, 2.45) is 5.92 Å². The average molecular weight is 347 g/mol. The number of amides is 1. The van der Waals surface area contributed by atoms with Gasteiger partial charge in [0, 0.05) is 39.3 Å². The third-order valence-electron chi connectivity index (χ3n) is 3.37. The molecule has 1 aliphatic heterocycles. The van der Waals surface area contributed by atoms with Gasteiger partial charge in [0.2, 0.25) is 5.91 Å². The Hall–Kier alpha value is -0.810. The van der Waals surface area contributed by atoms with Crippen molar-refractivity contribution in [2.75, 3.05) is 32.1 Å². The number of piperidine rings is 1. The molecule has 0 unspecified atom stereocenters. The lowest BCUT2D eigenvalue weighted by atomic mass is 9.95. The topological polar surface area (TPSA) is 36.4 Å². The van der Waals surface area contributed by atoms with Crippen LogP contribution in [0.15, 0.2) is 16.7 Å². The number of hydrogen-bond acceptors (Lipinski definition) is 3. The van der Waals surface area contributed by atoms with Crippen LogP contribution in [-0.4, -0.2) is 43.0 Å². The predicted octanol–water partition coefficient (Wildman–Crippen LogP) is 2.80. The summed E-state index contributed by atoms with van der Waals surface area (Å²) in [6.45, 7) is 1.69. The molecule has 6 heteroatoms. The smallest absolute Gasteiger partial charge is 0.225 e. The Bertz CT molecular complexity index is 473. The van der Waals surface area contributed by atoms with Gasteiger partial charge in [0.05, 0.1) is 9.50 Å². The lowest BCUT2D eigenvalue weighted by molar-refractivity contribution is -0.133. The molecule has 19 heavy (non-hydrogen) atoms. The third kappa shape index (κ3) is 3.39. The highest BCUT2D eigenvalue weighted by Crippen LogP contribution is 2.30. The molecule has 0 bridgehead atoms. The van der Waals surface area contributed by atoms with Gasteiger partial charge in [0.15, 0.2) is 0 Å². The van der Waals surface area contributed by atoms with Crippen molar-refractivity contribution in [3.63, 3.8) is 0 Å². The SMILES string of the molecule is CN(C)C(=O)C1CCN(c2ncc(Cl)cc2Br)CC1. The summed E-state index contributed by atoms with van der Waals surface area (Å²) in [6, 6.07) is 1.85. The van der Waals surface area contributed by atoms with Crippen molar-refractivity contribution in [1.29, 1.82) is 0 Å². The van der Waals surface area contributed by atoms with Crippen LogP contribution in [0.3, 0.4) is 0 Å². The number of rotatable bonds is 2. The third-order valence-corrected chi connectivity index (χ3v) is 4.16. The van der Waals surface area contributed by atoms with Gasteiger partial charge in [-0.2, -0.15) is 0 Å². The van der Waals surface area contributed by atoms with E-state index < -0.39 is 0 Å². The van der Waals surface area contributed by atoms with E-state index in [-0.39, 0.29) is 11.8 Å². The van der Waals surface area contributed by atoms with E-state index in [1.54, 1.807) is 11.1 Å². The summed E-state index contributed by atoms with van der Waals surface area (Å²) in [4.78, 5) is 20.1. The van der Waals surface area contributed by atoms with E-state index in [2.05, 4.69) is 25.8 Å². The maximum absolute atomic E-state index is 11.9. The van der Waals surface area contributed by atoms with Crippen LogP contribution in [0.2, 0.25) is 5.02 Å². The molecule has 2 rings (SSSR count). The molecule has 1 saturated heterocycles. The van der Waals surface area contributed by atoms with Gasteiger partial charge in [-0.05, 0) is 34.8 Å². The van der Waals surface area contributed by atoms with Gasteiger partial charge < -0.3 is 9.80 Å². The van der Waals surface area contributed by atoms with Crippen molar-refractivity contribution in [1.82, 2.24) is 9.88 Å². The molecule has 0 aromatic carbocycles. The molecular weight excluding hydrogens is 330 g/mol. The minimum Gasteiger partial charge on any atom is -0.356 e. The molecule has 0 spiro atoms. The van der Waals surface area contributed by atoms with E-state index in [0.29, 0.717) is 5.02 Å². The molecule has 1 aromatic rings. The summed E-state index contributed by atoms with van der Waals surface area (Å²) in [7, 11) is 3.62. The molecule has 4 nitrogen and oxygen atoms in total. The van der Waals surface area contributed by atoms with Crippen LogP contribution in [0, 0.1) is 5.92 Å². The number of carbonyl (C=O) groups is 1. The Labute approximate surface area is 126 Å². The molecule has 0 atom stereocenters. The number of anilines is 1. The molecule has 0 N–H and O–H groups in total. The largest absolute Gasteiger partial charge is 0.356 e. The zero-order valence-corrected chi connectivity index (χ0v) is 13.4. The van der Waals surface area contributed by atoms with Crippen LogP contribution < -0.4 is 4.90 Å². The second-order valence-corrected chi connectivity index (χ2v) is 6.24. The minimum atomic E-state index is 0.136. The molecule has 1 fully saturated rings. The van der Waals surface area contributed by atoms with Crippen molar-refractivity contribution < 1.29 is 4.79 Å². The van der Waals surface area contributed by atoms with E-state index in [0.717, 1.165) is 36.2 Å². The molecule has 0 radical (unpaired) electrons. The van der Waals surface area contributed by atoms with E-state index in [4.69, 9.17) is 11.6 Å². The van der Waals surface area contributed by atoms with Crippen LogP contribution in [0.5, 0.6) is 0 Å². The van der Waals surface area contributed by atoms with Gasteiger partial charge in [-0.1, -0.05) is 11.6 Å². The lowest BCUT2D eigenvalue weighted by Gasteiger charge is -2.33. The van der Waals surface area contributed by atoms with E-state index in [9.17, 15) is 4.79 Å². The second-order valence-electron chi connectivity index (χ2n) is 4.95. The molecule has 0 aliphatic carbocycles. The van der Waals surface area contributed by atoms with Crippen LogP contribution in [0.4, 0.5) is 5.82 Å². The molecular formula is C13H17BrClN3O. The van der Waals surface area contributed by atoms with Gasteiger partial charge >= 0.3 is 0 Å². The average Bonchev–Trinajstić information content (AvgIpc) is 2.38. The van der Waals surface area contributed by atoms with Crippen molar-refractivity contribution in [3.05, 3.63) is 21.8 Å². The zero-order chi connectivity index (χ0) is 14.0. The summed E-state index contributed by atoms with van der Waals surface area (Å²) >= 11 is 9.38. The predicted molar refractivity (Wildman–Crippen MR) is 80.6 cm³/mol. The maximum atomic E-state index is 11.9. The Morgan fingerprint density at radius 3 is 2.63 bits per heavy atom. The normalized spacial score (nSPS) is 16.5. The molecule has 1 aromatic heterocycles. The van der Waals surface area contributed by atoms with E-state index in [1.807, 2.05) is 20.2 Å². The zero-order valence-electron chi connectivity index (χ0n) is 11.1. The van der Waals surface area contributed by atoms with Crippen LogP contribution in [-0.2, 0) is 4.79 Å². The van der Waals surface area contributed by atoms with E-state index >= 15 is 0 Å². The number of halogens is 2. The van der Waals surface area contributed by atoms with Gasteiger partial charge in [0.25, 0.3) is 0 Å². The fourth-order valence-corrected chi connectivity index (χ4v) is 3.23. The summed E-state index contributed by atoms with van der Waals surface area (Å²) in [6.07, 6.45) is 3.39. The first-order valence-electron chi connectivity index (χ1n) is 6.26. The standard InChI is InChI=1S/C13H17BrClN3O/c1-17(2)13(19)9-3-5-18(6-4-9)12-11(14)7-10(15)8-16-12/h7-9H,3-6H2,1-2H3. The van der Waals surface area contributed by atoms with Crippen LogP contribution >= 0.6 is 27.5 Å². The molecule has 0 saturated carbocycles. The molecule has 1 aliphatic rings. The van der Waals surface area contributed by atoms with Crippen molar-refractivity contribution in [2.45, 2.75) is 12.8 Å². The van der Waals surface area contributed by atoms with Crippen LogP contribution in [0.25, 0.3) is 0 Å². The van der Waals surface area contributed by atoms with Crippen molar-refractivity contribution >= 4 is 39.3 Å². The Kier molecular flexibility index (Phi) is 4.68. The van der Waals surface area contributed by atoms with Crippen molar-refractivity contribution in [3.8, 4) is 0 Å². The first-order chi connectivity index (χ1) is 8.99. The molecule has 104 valence electrons.